The number of hydrogen-bond donors (Lipinski definition) is 0. The van der Waals surface area contributed by atoms with E-state index >= 15 is 0 Å². The van der Waals surface area contributed by atoms with Gasteiger partial charge in [0, 0.05) is 12.4 Å². The minimum Gasteiger partial charge on any atom is -0.272 e. The second-order valence-electron chi connectivity index (χ2n) is 2.80. The molecule has 3 heteroatoms. The SMILES string of the molecule is C=N/C=C\C(=C/C)c1ncncc1C. The largest absolute Gasteiger partial charge is 0.272 e. The van der Waals surface area contributed by atoms with Crippen molar-refractivity contribution in [1.29, 1.82) is 0 Å². The molecule has 72 valence electrons. The van der Waals surface area contributed by atoms with Gasteiger partial charge in [0.2, 0.25) is 0 Å². The lowest BCUT2D eigenvalue weighted by molar-refractivity contribution is 1.10. The van der Waals surface area contributed by atoms with Gasteiger partial charge >= 0.3 is 0 Å². The van der Waals surface area contributed by atoms with Crippen molar-refractivity contribution in [1.82, 2.24) is 9.97 Å². The molecular weight excluding hydrogens is 174 g/mol. The molecule has 0 aliphatic rings. The van der Waals surface area contributed by atoms with Crippen molar-refractivity contribution in [2.75, 3.05) is 0 Å². The lowest BCUT2D eigenvalue weighted by atomic mass is 10.1. The molecule has 3 nitrogen and oxygen atoms in total. The van der Waals surface area contributed by atoms with Gasteiger partial charge in [-0.05, 0) is 37.8 Å². The third-order valence-corrected chi connectivity index (χ3v) is 1.84. The van der Waals surface area contributed by atoms with Crippen LogP contribution in [0.1, 0.15) is 18.2 Å². The van der Waals surface area contributed by atoms with Crippen LogP contribution in [-0.2, 0) is 0 Å². The first-order valence-electron chi connectivity index (χ1n) is 4.35. The average molecular weight is 187 g/mol. The molecule has 1 aromatic rings. The maximum atomic E-state index is 4.21. The van der Waals surface area contributed by atoms with Crippen molar-refractivity contribution in [3.05, 3.63) is 42.1 Å². The van der Waals surface area contributed by atoms with E-state index in [1.165, 1.54) is 0 Å². The van der Waals surface area contributed by atoms with E-state index in [9.17, 15) is 0 Å². The van der Waals surface area contributed by atoms with E-state index in [4.69, 9.17) is 0 Å². The van der Waals surface area contributed by atoms with Gasteiger partial charge in [-0.15, -0.1) is 0 Å². The van der Waals surface area contributed by atoms with Crippen LogP contribution in [0.15, 0.2) is 35.9 Å². The summed E-state index contributed by atoms with van der Waals surface area (Å²) in [6.45, 7) is 7.33. The Labute approximate surface area is 83.9 Å². The van der Waals surface area contributed by atoms with Crippen LogP contribution in [0, 0.1) is 6.92 Å². The smallest absolute Gasteiger partial charge is 0.116 e. The van der Waals surface area contributed by atoms with Gasteiger partial charge in [-0.3, -0.25) is 4.99 Å². The minimum atomic E-state index is 0.933. The first-order valence-corrected chi connectivity index (χ1v) is 4.35. The van der Waals surface area contributed by atoms with Crippen molar-refractivity contribution >= 4 is 12.3 Å². The Kier molecular flexibility index (Phi) is 3.73. The first kappa shape index (κ1) is 10.3. The van der Waals surface area contributed by atoms with Crippen LogP contribution in [0.2, 0.25) is 0 Å². The molecule has 0 aliphatic heterocycles. The van der Waals surface area contributed by atoms with Crippen molar-refractivity contribution in [3.63, 3.8) is 0 Å². The second-order valence-corrected chi connectivity index (χ2v) is 2.80. The van der Waals surface area contributed by atoms with E-state index in [1.807, 2.05) is 26.0 Å². The molecule has 0 aliphatic carbocycles. The van der Waals surface area contributed by atoms with Gasteiger partial charge in [0.1, 0.15) is 6.33 Å². The summed E-state index contributed by atoms with van der Waals surface area (Å²) >= 11 is 0. The van der Waals surface area contributed by atoms with Crippen molar-refractivity contribution in [2.24, 2.45) is 4.99 Å². The van der Waals surface area contributed by atoms with Gasteiger partial charge < -0.3 is 0 Å². The molecule has 1 aromatic heterocycles. The third kappa shape index (κ3) is 2.36. The molecule has 1 rings (SSSR count). The third-order valence-electron chi connectivity index (χ3n) is 1.84. The second kappa shape index (κ2) is 5.07. The Morgan fingerprint density at radius 1 is 1.57 bits per heavy atom. The number of allylic oxidation sites excluding steroid dienone is 3. The Morgan fingerprint density at radius 3 is 2.93 bits per heavy atom. The number of rotatable bonds is 3. The van der Waals surface area contributed by atoms with E-state index in [-0.39, 0.29) is 0 Å². The maximum Gasteiger partial charge on any atom is 0.116 e. The van der Waals surface area contributed by atoms with Gasteiger partial charge in [-0.2, -0.15) is 0 Å². The van der Waals surface area contributed by atoms with E-state index in [0.29, 0.717) is 0 Å². The number of hydrogen-bond acceptors (Lipinski definition) is 3. The number of aryl methyl sites for hydroxylation is 1. The van der Waals surface area contributed by atoms with E-state index in [2.05, 4.69) is 21.7 Å². The highest BCUT2D eigenvalue weighted by Crippen LogP contribution is 2.15. The molecule has 0 bridgehead atoms. The zero-order valence-electron chi connectivity index (χ0n) is 8.44. The molecule has 1 heterocycles. The van der Waals surface area contributed by atoms with Crippen molar-refractivity contribution in [3.8, 4) is 0 Å². The maximum absolute atomic E-state index is 4.21. The van der Waals surface area contributed by atoms with Crippen LogP contribution in [-0.4, -0.2) is 16.7 Å². The molecular formula is C11H13N3. The lowest BCUT2D eigenvalue weighted by Crippen LogP contribution is -1.92. The molecule has 0 N–H and O–H groups in total. The molecule has 0 spiro atoms. The monoisotopic (exact) mass is 187 g/mol. The Balaban J connectivity index is 3.08. The van der Waals surface area contributed by atoms with Crippen LogP contribution >= 0.6 is 0 Å². The summed E-state index contributed by atoms with van der Waals surface area (Å²) < 4.78 is 0. The quantitative estimate of drug-likeness (QED) is 0.538. The molecule has 0 aromatic carbocycles. The molecule has 0 saturated carbocycles. The molecule has 0 fully saturated rings. The lowest BCUT2D eigenvalue weighted by Gasteiger charge is -2.03. The van der Waals surface area contributed by atoms with E-state index in [0.717, 1.165) is 16.8 Å². The van der Waals surface area contributed by atoms with E-state index in [1.54, 1.807) is 18.7 Å². The highest BCUT2D eigenvalue weighted by molar-refractivity contribution is 5.72. The number of aromatic nitrogens is 2. The summed E-state index contributed by atoms with van der Waals surface area (Å²) in [7, 11) is 0. The summed E-state index contributed by atoms with van der Waals surface area (Å²) in [5.74, 6) is 0. The highest BCUT2D eigenvalue weighted by Gasteiger charge is 2.01. The number of nitrogens with zero attached hydrogens (tertiary/aromatic N) is 3. The van der Waals surface area contributed by atoms with Crippen molar-refractivity contribution < 1.29 is 0 Å². The molecule has 14 heavy (non-hydrogen) atoms. The summed E-state index contributed by atoms with van der Waals surface area (Å²) in [6.07, 6.45) is 8.85. The van der Waals surface area contributed by atoms with Crippen LogP contribution < -0.4 is 0 Å². The Hall–Kier alpha value is -1.77. The summed E-state index contributed by atoms with van der Waals surface area (Å²) in [4.78, 5) is 11.8. The van der Waals surface area contributed by atoms with Crippen LogP contribution in [0.4, 0.5) is 0 Å². The number of aliphatic imine (C=N–C) groups is 1. The molecule has 0 amide bonds. The predicted octanol–water partition coefficient (Wildman–Crippen LogP) is 2.40. The fourth-order valence-electron chi connectivity index (χ4n) is 1.15. The minimum absolute atomic E-state index is 0.933. The van der Waals surface area contributed by atoms with Crippen LogP contribution in [0.3, 0.4) is 0 Å². The van der Waals surface area contributed by atoms with Crippen molar-refractivity contribution in [2.45, 2.75) is 13.8 Å². The fraction of sp³-hybridized carbons (Fsp3) is 0.182. The Morgan fingerprint density at radius 2 is 2.36 bits per heavy atom. The first-order chi connectivity index (χ1) is 6.79. The molecule has 0 saturated heterocycles. The molecule has 0 atom stereocenters. The summed E-state index contributed by atoms with van der Waals surface area (Å²) in [5, 5.41) is 0. The zero-order valence-corrected chi connectivity index (χ0v) is 8.44. The van der Waals surface area contributed by atoms with Crippen LogP contribution in [0.5, 0.6) is 0 Å². The zero-order chi connectivity index (χ0) is 10.4. The fourth-order valence-corrected chi connectivity index (χ4v) is 1.15. The molecule has 0 unspecified atom stereocenters. The van der Waals surface area contributed by atoms with Gasteiger partial charge in [-0.25, -0.2) is 9.97 Å². The van der Waals surface area contributed by atoms with Gasteiger partial charge in [0.25, 0.3) is 0 Å². The highest BCUT2D eigenvalue weighted by atomic mass is 14.8. The van der Waals surface area contributed by atoms with Gasteiger partial charge in [0.15, 0.2) is 0 Å². The van der Waals surface area contributed by atoms with Gasteiger partial charge in [-0.1, -0.05) is 6.08 Å². The van der Waals surface area contributed by atoms with Crippen LogP contribution in [0.25, 0.3) is 5.57 Å². The average Bonchev–Trinajstić information content (AvgIpc) is 2.21. The summed E-state index contributed by atoms with van der Waals surface area (Å²) in [6, 6.07) is 0. The Bertz CT molecular complexity index is 378. The topological polar surface area (TPSA) is 38.1 Å². The van der Waals surface area contributed by atoms with E-state index < -0.39 is 0 Å². The summed E-state index contributed by atoms with van der Waals surface area (Å²) in [5.41, 5.74) is 3.01. The predicted molar refractivity (Wildman–Crippen MR) is 59.1 cm³/mol. The van der Waals surface area contributed by atoms with Gasteiger partial charge in [0.05, 0.1) is 5.69 Å². The molecule has 0 radical (unpaired) electrons. The normalized spacial score (nSPS) is 12.0. The standard InChI is InChI=1S/C11H13N3/c1-4-10(5-6-12-3)11-9(2)7-13-8-14-11/h4-8H,3H2,1-2H3/b6-5-,10-4+.